The fraction of sp³-hybridized carbons (Fsp3) is 0.545. The van der Waals surface area contributed by atoms with Crippen LogP contribution in [0.25, 0.3) is 11.3 Å². The maximum atomic E-state index is 11.1. The van der Waals surface area contributed by atoms with Gasteiger partial charge in [-0.05, 0) is 30.2 Å². The molecule has 0 bridgehead atoms. The van der Waals surface area contributed by atoms with Crippen LogP contribution in [0.1, 0.15) is 63.9 Å². The van der Waals surface area contributed by atoms with Crippen molar-refractivity contribution in [3.05, 3.63) is 35.2 Å². The Bertz CT molecular complexity index is 733. The molecule has 0 spiro atoms. The summed E-state index contributed by atoms with van der Waals surface area (Å²) in [6.07, 6.45) is 6.58. The number of carboxylic acid groups (broad SMARTS) is 1. The Kier molecular flexibility index (Phi) is 6.89. The molecule has 1 N–H and O–H groups in total. The third-order valence-corrected chi connectivity index (χ3v) is 6.34. The summed E-state index contributed by atoms with van der Waals surface area (Å²) in [6.45, 7) is 5.85. The van der Waals surface area contributed by atoms with E-state index in [1.807, 2.05) is 0 Å². The van der Waals surface area contributed by atoms with Gasteiger partial charge in [0.1, 0.15) is 0 Å². The number of anilines is 1. The SMILES string of the molecule is CC(C)c1ccc(-c2csc(N(CCC(=O)O)CC3CCCCC3)n2)cc1. The number of nitrogens with zero attached hydrogens (tertiary/aromatic N) is 2. The third kappa shape index (κ3) is 5.55. The molecule has 27 heavy (non-hydrogen) atoms. The maximum Gasteiger partial charge on any atom is 0.305 e. The predicted octanol–water partition coefficient (Wildman–Crippen LogP) is 5.79. The second-order valence-electron chi connectivity index (χ2n) is 7.89. The van der Waals surface area contributed by atoms with E-state index in [4.69, 9.17) is 10.1 Å². The van der Waals surface area contributed by atoms with Gasteiger partial charge >= 0.3 is 5.97 Å². The van der Waals surface area contributed by atoms with E-state index in [0.717, 1.165) is 22.9 Å². The second-order valence-corrected chi connectivity index (χ2v) is 8.72. The summed E-state index contributed by atoms with van der Waals surface area (Å²) >= 11 is 1.63. The largest absolute Gasteiger partial charge is 0.481 e. The Labute approximate surface area is 166 Å². The number of hydrogen-bond acceptors (Lipinski definition) is 4. The van der Waals surface area contributed by atoms with Crippen LogP contribution in [0.2, 0.25) is 0 Å². The third-order valence-electron chi connectivity index (χ3n) is 5.43. The molecule has 0 amide bonds. The van der Waals surface area contributed by atoms with E-state index in [1.54, 1.807) is 11.3 Å². The molecule has 4 nitrogen and oxygen atoms in total. The van der Waals surface area contributed by atoms with Crippen LogP contribution in [0.5, 0.6) is 0 Å². The molecule has 1 aliphatic carbocycles. The van der Waals surface area contributed by atoms with E-state index in [2.05, 4.69) is 48.4 Å². The normalized spacial score (nSPS) is 15.2. The number of carboxylic acids is 1. The molecule has 5 heteroatoms. The Morgan fingerprint density at radius 3 is 2.56 bits per heavy atom. The highest BCUT2D eigenvalue weighted by molar-refractivity contribution is 7.14. The first-order valence-corrected chi connectivity index (χ1v) is 10.9. The van der Waals surface area contributed by atoms with E-state index in [0.29, 0.717) is 18.4 Å². The van der Waals surface area contributed by atoms with Crippen molar-refractivity contribution in [3.8, 4) is 11.3 Å². The lowest BCUT2D eigenvalue weighted by Gasteiger charge is -2.29. The molecule has 2 aromatic rings. The zero-order valence-corrected chi connectivity index (χ0v) is 17.2. The average Bonchev–Trinajstić information content (AvgIpc) is 3.16. The summed E-state index contributed by atoms with van der Waals surface area (Å²) < 4.78 is 0. The number of hydrogen-bond donors (Lipinski definition) is 1. The summed E-state index contributed by atoms with van der Waals surface area (Å²) in [7, 11) is 0. The van der Waals surface area contributed by atoms with Gasteiger partial charge in [0.2, 0.25) is 0 Å². The topological polar surface area (TPSA) is 53.4 Å². The van der Waals surface area contributed by atoms with Crippen molar-refractivity contribution in [1.29, 1.82) is 0 Å². The number of thiazole rings is 1. The molecular formula is C22H30N2O2S. The summed E-state index contributed by atoms with van der Waals surface area (Å²) in [5.41, 5.74) is 3.43. The Balaban J connectivity index is 1.74. The fourth-order valence-corrected chi connectivity index (χ4v) is 4.63. The van der Waals surface area contributed by atoms with Gasteiger partial charge in [0.05, 0.1) is 12.1 Å². The minimum absolute atomic E-state index is 0.157. The first kappa shape index (κ1) is 19.9. The van der Waals surface area contributed by atoms with Gasteiger partial charge in [0.25, 0.3) is 0 Å². The summed E-state index contributed by atoms with van der Waals surface area (Å²) in [4.78, 5) is 18.1. The molecule has 1 aromatic carbocycles. The van der Waals surface area contributed by atoms with Gasteiger partial charge in [-0.25, -0.2) is 4.98 Å². The lowest BCUT2D eigenvalue weighted by Crippen LogP contribution is -2.32. The molecule has 1 fully saturated rings. The molecule has 1 aromatic heterocycles. The lowest BCUT2D eigenvalue weighted by molar-refractivity contribution is -0.136. The van der Waals surface area contributed by atoms with Crippen LogP contribution >= 0.6 is 11.3 Å². The van der Waals surface area contributed by atoms with Gasteiger partial charge in [0, 0.05) is 24.0 Å². The van der Waals surface area contributed by atoms with Crippen LogP contribution in [0, 0.1) is 5.92 Å². The minimum atomic E-state index is -0.746. The van der Waals surface area contributed by atoms with Crippen molar-refractivity contribution in [1.82, 2.24) is 4.98 Å². The molecule has 1 heterocycles. The van der Waals surface area contributed by atoms with Crippen LogP contribution in [0.15, 0.2) is 29.6 Å². The van der Waals surface area contributed by atoms with Gasteiger partial charge in [-0.2, -0.15) is 0 Å². The Hall–Kier alpha value is -1.88. The van der Waals surface area contributed by atoms with Crippen molar-refractivity contribution >= 4 is 22.4 Å². The molecule has 1 saturated carbocycles. The van der Waals surface area contributed by atoms with Crippen LogP contribution in [-0.2, 0) is 4.79 Å². The molecule has 146 valence electrons. The van der Waals surface area contributed by atoms with E-state index in [1.165, 1.54) is 37.7 Å². The van der Waals surface area contributed by atoms with Gasteiger partial charge < -0.3 is 10.0 Å². The van der Waals surface area contributed by atoms with Crippen molar-refractivity contribution in [3.63, 3.8) is 0 Å². The predicted molar refractivity (Wildman–Crippen MR) is 113 cm³/mol. The molecule has 0 unspecified atom stereocenters. The lowest BCUT2D eigenvalue weighted by atomic mass is 9.89. The van der Waals surface area contributed by atoms with Gasteiger partial charge in [-0.3, -0.25) is 4.79 Å². The molecule has 0 aliphatic heterocycles. The van der Waals surface area contributed by atoms with E-state index < -0.39 is 5.97 Å². The first-order chi connectivity index (χ1) is 13.0. The molecule has 0 saturated heterocycles. The first-order valence-electron chi connectivity index (χ1n) is 10.1. The highest BCUT2D eigenvalue weighted by Crippen LogP contribution is 2.31. The van der Waals surface area contributed by atoms with E-state index in [-0.39, 0.29) is 6.42 Å². The number of aromatic nitrogens is 1. The van der Waals surface area contributed by atoms with Crippen molar-refractivity contribution in [2.45, 2.75) is 58.3 Å². The molecule has 3 rings (SSSR count). The minimum Gasteiger partial charge on any atom is -0.481 e. The maximum absolute atomic E-state index is 11.1. The van der Waals surface area contributed by atoms with Crippen LogP contribution in [0.3, 0.4) is 0 Å². The zero-order chi connectivity index (χ0) is 19.2. The molecule has 1 aliphatic rings. The molecule has 0 atom stereocenters. The number of carbonyl (C=O) groups is 1. The van der Waals surface area contributed by atoms with Crippen LogP contribution < -0.4 is 4.90 Å². The summed E-state index contributed by atoms with van der Waals surface area (Å²) in [5, 5.41) is 12.2. The Morgan fingerprint density at radius 1 is 1.22 bits per heavy atom. The second kappa shape index (κ2) is 9.36. The van der Waals surface area contributed by atoms with E-state index >= 15 is 0 Å². The fourth-order valence-electron chi connectivity index (χ4n) is 3.76. The van der Waals surface area contributed by atoms with Crippen LogP contribution in [0.4, 0.5) is 5.13 Å². The van der Waals surface area contributed by atoms with Crippen molar-refractivity contribution in [2.24, 2.45) is 5.92 Å². The summed E-state index contributed by atoms with van der Waals surface area (Å²) in [6, 6.07) is 8.61. The van der Waals surface area contributed by atoms with Crippen molar-refractivity contribution < 1.29 is 9.90 Å². The highest BCUT2D eigenvalue weighted by Gasteiger charge is 2.20. The Morgan fingerprint density at radius 2 is 1.93 bits per heavy atom. The smallest absolute Gasteiger partial charge is 0.305 e. The number of aliphatic carboxylic acids is 1. The van der Waals surface area contributed by atoms with Gasteiger partial charge in [-0.15, -0.1) is 11.3 Å². The van der Waals surface area contributed by atoms with Gasteiger partial charge in [-0.1, -0.05) is 57.4 Å². The number of benzene rings is 1. The standard InChI is InChI=1S/C22H30N2O2S/c1-16(2)18-8-10-19(11-9-18)20-15-27-22(23-20)24(13-12-21(25)26)14-17-6-4-3-5-7-17/h8-11,15-17H,3-7,12-14H2,1-2H3,(H,25,26). The quantitative estimate of drug-likeness (QED) is 0.623. The molecule has 0 radical (unpaired) electrons. The average molecular weight is 387 g/mol. The van der Waals surface area contributed by atoms with Gasteiger partial charge in [0.15, 0.2) is 5.13 Å². The monoisotopic (exact) mass is 386 g/mol. The zero-order valence-electron chi connectivity index (χ0n) is 16.4. The number of rotatable bonds is 8. The van der Waals surface area contributed by atoms with Crippen molar-refractivity contribution in [2.75, 3.05) is 18.0 Å². The summed E-state index contributed by atoms with van der Waals surface area (Å²) in [5.74, 6) is 0.432. The molecular weight excluding hydrogens is 356 g/mol. The highest BCUT2D eigenvalue weighted by atomic mass is 32.1. The van der Waals surface area contributed by atoms with Crippen LogP contribution in [-0.4, -0.2) is 29.1 Å². The van der Waals surface area contributed by atoms with E-state index in [9.17, 15) is 4.79 Å².